The van der Waals surface area contributed by atoms with Crippen LogP contribution in [0.1, 0.15) is 39.7 Å². The van der Waals surface area contributed by atoms with Gasteiger partial charge in [-0.25, -0.2) is 0 Å². The van der Waals surface area contributed by atoms with Crippen molar-refractivity contribution in [2.45, 2.75) is 64.8 Å². The summed E-state index contributed by atoms with van der Waals surface area (Å²) in [6.45, 7) is 13.1. The molecule has 0 spiro atoms. The van der Waals surface area contributed by atoms with Gasteiger partial charge in [-0.15, -0.1) is 0 Å². The zero-order valence-corrected chi connectivity index (χ0v) is 14.2. The van der Waals surface area contributed by atoms with Gasteiger partial charge in [0.05, 0.1) is 6.10 Å². The van der Waals surface area contributed by atoms with Gasteiger partial charge < -0.3 is 9.53 Å². The topological polar surface area (TPSA) is 29.5 Å². The van der Waals surface area contributed by atoms with Gasteiger partial charge in [0.2, 0.25) is 8.32 Å². The van der Waals surface area contributed by atoms with Crippen molar-refractivity contribution in [1.82, 2.24) is 0 Å². The minimum atomic E-state index is -1.74. The maximum atomic E-state index is 9.29. The molecule has 0 fully saturated rings. The van der Waals surface area contributed by atoms with Crippen LogP contribution in [-0.4, -0.2) is 19.5 Å². The van der Waals surface area contributed by atoms with Gasteiger partial charge in [0.1, 0.15) is 5.75 Å². The monoisotopic (exact) mass is 280 g/mol. The summed E-state index contributed by atoms with van der Waals surface area (Å²) in [5, 5.41) is 9.51. The van der Waals surface area contributed by atoms with Crippen molar-refractivity contribution < 1.29 is 9.53 Å². The third-order valence-corrected chi connectivity index (χ3v) is 8.31. The van der Waals surface area contributed by atoms with E-state index in [0.29, 0.717) is 0 Å². The fourth-order valence-electron chi connectivity index (χ4n) is 1.55. The fourth-order valence-corrected chi connectivity index (χ4v) is 2.58. The Hall–Kier alpha value is -0.803. The third kappa shape index (κ3) is 5.00. The Bertz CT molecular complexity index is 388. The lowest BCUT2D eigenvalue weighted by Crippen LogP contribution is -2.43. The molecular weight excluding hydrogens is 252 g/mol. The van der Waals surface area contributed by atoms with Crippen molar-refractivity contribution in [3.8, 4) is 5.75 Å². The van der Waals surface area contributed by atoms with Crippen LogP contribution in [0, 0.1) is 0 Å². The first-order chi connectivity index (χ1) is 8.62. The van der Waals surface area contributed by atoms with Crippen LogP contribution in [0.4, 0.5) is 0 Å². The highest BCUT2D eigenvalue weighted by molar-refractivity contribution is 6.74. The van der Waals surface area contributed by atoms with E-state index in [4.69, 9.17) is 4.43 Å². The Morgan fingerprint density at radius 1 is 1.16 bits per heavy atom. The standard InChI is InChI=1S/C16H28O2Si/c1-13(17)7-8-14-9-11-15(12-10-14)18-19(5,6)16(2,3)4/h9-13,17H,7-8H2,1-6H3. The molecule has 0 saturated heterocycles. The summed E-state index contributed by atoms with van der Waals surface area (Å²) in [6.07, 6.45) is 1.49. The quantitative estimate of drug-likeness (QED) is 0.811. The molecule has 1 aromatic rings. The van der Waals surface area contributed by atoms with Crippen LogP contribution in [0.15, 0.2) is 24.3 Å². The second kappa shape index (κ2) is 6.10. The highest BCUT2D eigenvalue weighted by Gasteiger charge is 2.38. The summed E-state index contributed by atoms with van der Waals surface area (Å²) in [7, 11) is -1.74. The first-order valence-corrected chi connectivity index (χ1v) is 9.99. The largest absolute Gasteiger partial charge is 0.544 e. The molecule has 1 atom stereocenters. The Labute approximate surface area is 118 Å². The van der Waals surface area contributed by atoms with E-state index in [9.17, 15) is 5.11 Å². The van der Waals surface area contributed by atoms with Gasteiger partial charge in [0, 0.05) is 0 Å². The van der Waals surface area contributed by atoms with Gasteiger partial charge in [-0.05, 0) is 55.6 Å². The Morgan fingerprint density at radius 3 is 2.11 bits per heavy atom. The first-order valence-electron chi connectivity index (χ1n) is 7.08. The number of hydrogen-bond acceptors (Lipinski definition) is 2. The maximum absolute atomic E-state index is 9.29. The van der Waals surface area contributed by atoms with Crippen molar-refractivity contribution in [2.24, 2.45) is 0 Å². The van der Waals surface area contributed by atoms with Crippen molar-refractivity contribution in [1.29, 1.82) is 0 Å². The van der Waals surface area contributed by atoms with Crippen LogP contribution >= 0.6 is 0 Å². The van der Waals surface area contributed by atoms with E-state index in [2.05, 4.69) is 58.1 Å². The summed E-state index contributed by atoms with van der Waals surface area (Å²) in [5.41, 5.74) is 1.25. The minimum absolute atomic E-state index is 0.220. The van der Waals surface area contributed by atoms with Gasteiger partial charge in [-0.2, -0.15) is 0 Å². The van der Waals surface area contributed by atoms with Crippen LogP contribution in [0.2, 0.25) is 18.1 Å². The Kier molecular flexibility index (Phi) is 5.22. The molecule has 0 aliphatic heterocycles. The molecule has 1 unspecified atom stereocenters. The minimum Gasteiger partial charge on any atom is -0.544 e. The van der Waals surface area contributed by atoms with E-state index in [1.807, 2.05) is 6.92 Å². The molecule has 3 heteroatoms. The van der Waals surface area contributed by atoms with E-state index in [-0.39, 0.29) is 11.1 Å². The van der Waals surface area contributed by atoms with E-state index < -0.39 is 8.32 Å². The maximum Gasteiger partial charge on any atom is 0.250 e. The molecule has 108 valence electrons. The molecule has 0 radical (unpaired) electrons. The SMILES string of the molecule is CC(O)CCc1ccc(O[Si](C)(C)C(C)(C)C)cc1. The number of aliphatic hydroxyl groups excluding tert-OH is 1. The number of hydrogen-bond donors (Lipinski definition) is 1. The lowest BCUT2D eigenvalue weighted by molar-refractivity contribution is 0.185. The zero-order chi connectivity index (χ0) is 14.7. The van der Waals surface area contributed by atoms with Gasteiger partial charge in [-0.3, -0.25) is 0 Å². The predicted molar refractivity (Wildman–Crippen MR) is 84.3 cm³/mol. The van der Waals surface area contributed by atoms with E-state index in [1.165, 1.54) is 5.56 Å². The molecule has 1 rings (SSSR count). The number of aliphatic hydroxyl groups is 1. The van der Waals surface area contributed by atoms with E-state index in [1.54, 1.807) is 0 Å². The van der Waals surface area contributed by atoms with E-state index in [0.717, 1.165) is 18.6 Å². The molecule has 0 amide bonds. The highest BCUT2D eigenvalue weighted by Crippen LogP contribution is 2.37. The van der Waals surface area contributed by atoms with Gasteiger partial charge in [0.25, 0.3) is 0 Å². The number of rotatable bonds is 5. The van der Waals surface area contributed by atoms with E-state index >= 15 is 0 Å². The fraction of sp³-hybridized carbons (Fsp3) is 0.625. The summed E-state index contributed by atoms with van der Waals surface area (Å²) in [6, 6.07) is 8.31. The van der Waals surface area contributed by atoms with Crippen molar-refractivity contribution in [3.63, 3.8) is 0 Å². The van der Waals surface area contributed by atoms with Crippen LogP contribution in [-0.2, 0) is 6.42 Å². The van der Waals surface area contributed by atoms with Crippen molar-refractivity contribution in [3.05, 3.63) is 29.8 Å². The third-order valence-electron chi connectivity index (χ3n) is 3.95. The second-order valence-corrected chi connectivity index (χ2v) is 11.6. The average molecular weight is 280 g/mol. The Morgan fingerprint density at radius 2 is 1.68 bits per heavy atom. The molecule has 0 aliphatic rings. The summed E-state index contributed by atoms with van der Waals surface area (Å²) in [4.78, 5) is 0. The normalized spacial score (nSPS) is 14.3. The van der Waals surface area contributed by atoms with Crippen LogP contribution in [0.25, 0.3) is 0 Å². The molecular formula is C16H28O2Si. The van der Waals surface area contributed by atoms with Crippen LogP contribution < -0.4 is 4.43 Å². The molecule has 1 N–H and O–H groups in total. The average Bonchev–Trinajstić information content (AvgIpc) is 2.26. The first kappa shape index (κ1) is 16.3. The van der Waals surface area contributed by atoms with Crippen LogP contribution in [0.5, 0.6) is 5.75 Å². The number of aryl methyl sites for hydroxylation is 1. The summed E-state index contributed by atoms with van der Waals surface area (Å²) >= 11 is 0. The predicted octanol–water partition coefficient (Wildman–Crippen LogP) is 4.38. The molecule has 0 aliphatic carbocycles. The summed E-state index contributed by atoms with van der Waals surface area (Å²) in [5.74, 6) is 0.965. The Balaban J connectivity index is 2.67. The molecule has 1 aromatic carbocycles. The van der Waals surface area contributed by atoms with Crippen LogP contribution in [0.3, 0.4) is 0 Å². The van der Waals surface area contributed by atoms with Gasteiger partial charge in [-0.1, -0.05) is 32.9 Å². The molecule has 2 nitrogen and oxygen atoms in total. The van der Waals surface area contributed by atoms with Gasteiger partial charge >= 0.3 is 0 Å². The molecule has 0 heterocycles. The molecule has 0 bridgehead atoms. The zero-order valence-electron chi connectivity index (χ0n) is 13.2. The van der Waals surface area contributed by atoms with Crippen molar-refractivity contribution >= 4 is 8.32 Å². The molecule has 0 aromatic heterocycles. The molecule has 0 saturated carbocycles. The lowest BCUT2D eigenvalue weighted by Gasteiger charge is -2.36. The smallest absolute Gasteiger partial charge is 0.250 e. The second-order valence-electron chi connectivity index (χ2n) is 6.89. The summed E-state index contributed by atoms with van der Waals surface area (Å²) < 4.78 is 6.24. The number of benzene rings is 1. The molecule has 19 heavy (non-hydrogen) atoms. The highest BCUT2D eigenvalue weighted by atomic mass is 28.4. The van der Waals surface area contributed by atoms with Crippen molar-refractivity contribution in [2.75, 3.05) is 0 Å². The lowest BCUT2D eigenvalue weighted by atomic mass is 10.1. The van der Waals surface area contributed by atoms with Gasteiger partial charge in [0.15, 0.2) is 0 Å².